The highest BCUT2D eigenvalue weighted by atomic mass is 32.1. The number of likely N-dealkylation sites (N-methyl/N-ethyl adjacent to an activating group) is 1. The monoisotopic (exact) mass is 280 g/mol. The Bertz CT molecular complexity index is 568. The van der Waals surface area contributed by atoms with Crippen molar-refractivity contribution in [1.29, 1.82) is 0 Å². The van der Waals surface area contributed by atoms with Crippen molar-refractivity contribution in [1.82, 2.24) is 4.98 Å². The Morgan fingerprint density at radius 2 is 2.11 bits per heavy atom. The highest BCUT2D eigenvalue weighted by Crippen LogP contribution is 2.19. The smallest absolute Gasteiger partial charge is 0.266 e. The van der Waals surface area contributed by atoms with Crippen LogP contribution in [0.15, 0.2) is 29.6 Å². The Balaban J connectivity index is 1.92. The first-order valence-corrected chi connectivity index (χ1v) is 6.51. The molecule has 0 saturated heterocycles. The van der Waals surface area contributed by atoms with Gasteiger partial charge in [0, 0.05) is 12.4 Å². The maximum absolute atomic E-state index is 12.7. The molecule has 0 atom stereocenters. The van der Waals surface area contributed by atoms with E-state index in [4.69, 9.17) is 4.74 Å². The minimum Gasteiger partial charge on any atom is -0.484 e. The maximum Gasteiger partial charge on any atom is 0.266 e. The summed E-state index contributed by atoms with van der Waals surface area (Å²) in [5.74, 6) is -0.0915. The Morgan fingerprint density at radius 3 is 2.68 bits per heavy atom. The molecule has 0 spiro atoms. The summed E-state index contributed by atoms with van der Waals surface area (Å²) in [6, 6.07) is 5.54. The molecule has 1 aromatic heterocycles. The van der Waals surface area contributed by atoms with Gasteiger partial charge in [0.25, 0.3) is 5.91 Å². The van der Waals surface area contributed by atoms with Crippen LogP contribution >= 0.6 is 11.3 Å². The summed E-state index contributed by atoms with van der Waals surface area (Å²) in [6.45, 7) is 1.76. The van der Waals surface area contributed by atoms with Gasteiger partial charge in [-0.15, -0.1) is 11.3 Å². The van der Waals surface area contributed by atoms with Crippen molar-refractivity contribution in [3.63, 3.8) is 0 Å². The lowest BCUT2D eigenvalue weighted by Crippen LogP contribution is -2.31. The highest BCUT2D eigenvalue weighted by molar-refractivity contribution is 7.14. The fourth-order valence-corrected chi connectivity index (χ4v) is 2.16. The molecule has 4 nitrogen and oxygen atoms in total. The number of carbonyl (C=O) groups is 1. The van der Waals surface area contributed by atoms with Crippen LogP contribution in [0.4, 0.5) is 9.52 Å². The predicted octanol–water partition coefficient (Wildman–Crippen LogP) is 2.63. The van der Waals surface area contributed by atoms with E-state index in [-0.39, 0.29) is 18.3 Å². The first-order valence-electron chi connectivity index (χ1n) is 5.63. The fraction of sp³-hybridized carbons (Fsp3) is 0.231. The minimum atomic E-state index is -0.339. The summed E-state index contributed by atoms with van der Waals surface area (Å²) in [6.07, 6.45) is 0. The lowest BCUT2D eigenvalue weighted by molar-refractivity contribution is -0.120. The molecule has 19 heavy (non-hydrogen) atoms. The molecule has 6 heteroatoms. The van der Waals surface area contributed by atoms with Crippen molar-refractivity contribution < 1.29 is 13.9 Å². The second-order valence-electron chi connectivity index (χ2n) is 3.97. The number of anilines is 1. The van der Waals surface area contributed by atoms with Gasteiger partial charge in [0.15, 0.2) is 11.7 Å². The minimum absolute atomic E-state index is 0.110. The van der Waals surface area contributed by atoms with Gasteiger partial charge in [-0.05, 0) is 31.2 Å². The number of hydrogen-bond acceptors (Lipinski definition) is 4. The van der Waals surface area contributed by atoms with Crippen LogP contribution in [-0.2, 0) is 4.79 Å². The van der Waals surface area contributed by atoms with Gasteiger partial charge in [-0.2, -0.15) is 0 Å². The van der Waals surface area contributed by atoms with Crippen molar-refractivity contribution in [3.05, 3.63) is 41.2 Å². The quantitative estimate of drug-likeness (QED) is 0.864. The number of hydrogen-bond donors (Lipinski definition) is 0. The number of halogens is 1. The maximum atomic E-state index is 12.7. The van der Waals surface area contributed by atoms with Crippen LogP contribution in [0.25, 0.3) is 0 Å². The van der Waals surface area contributed by atoms with Crippen LogP contribution in [0.3, 0.4) is 0 Å². The number of nitrogens with zero attached hydrogens (tertiary/aromatic N) is 2. The van der Waals surface area contributed by atoms with Crippen molar-refractivity contribution in [2.75, 3.05) is 18.6 Å². The molecule has 0 radical (unpaired) electrons. The molecule has 0 N–H and O–H groups in total. The van der Waals surface area contributed by atoms with Gasteiger partial charge in [-0.25, -0.2) is 9.37 Å². The van der Waals surface area contributed by atoms with Crippen LogP contribution < -0.4 is 9.64 Å². The highest BCUT2D eigenvalue weighted by Gasteiger charge is 2.14. The van der Waals surface area contributed by atoms with Crippen LogP contribution in [0.5, 0.6) is 5.75 Å². The number of benzene rings is 1. The average Bonchev–Trinajstić information content (AvgIpc) is 2.83. The molecule has 0 aliphatic rings. The van der Waals surface area contributed by atoms with E-state index in [1.807, 2.05) is 12.3 Å². The van der Waals surface area contributed by atoms with Gasteiger partial charge in [-0.3, -0.25) is 9.69 Å². The fourth-order valence-electron chi connectivity index (χ4n) is 1.38. The van der Waals surface area contributed by atoms with E-state index >= 15 is 0 Å². The lowest BCUT2D eigenvalue weighted by atomic mass is 10.3. The SMILES string of the molecule is Cc1csc(N(C)C(=O)COc2ccc(F)cc2)n1. The molecule has 2 rings (SSSR count). The van der Waals surface area contributed by atoms with Gasteiger partial charge < -0.3 is 4.74 Å². The molecule has 1 aromatic carbocycles. The van der Waals surface area contributed by atoms with E-state index in [9.17, 15) is 9.18 Å². The van der Waals surface area contributed by atoms with Gasteiger partial charge >= 0.3 is 0 Å². The first-order chi connectivity index (χ1) is 9.06. The number of thiazole rings is 1. The second-order valence-corrected chi connectivity index (χ2v) is 4.80. The van der Waals surface area contributed by atoms with Gasteiger partial charge in [-0.1, -0.05) is 0 Å². The second kappa shape index (κ2) is 5.79. The third-order valence-electron chi connectivity index (χ3n) is 2.44. The van der Waals surface area contributed by atoms with Crippen LogP contribution in [0.2, 0.25) is 0 Å². The number of rotatable bonds is 4. The number of ether oxygens (including phenoxy) is 1. The van der Waals surface area contributed by atoms with Crippen molar-refractivity contribution in [3.8, 4) is 5.75 Å². The van der Waals surface area contributed by atoms with E-state index in [1.165, 1.54) is 40.5 Å². The Morgan fingerprint density at radius 1 is 1.42 bits per heavy atom. The van der Waals surface area contributed by atoms with Crippen LogP contribution in [0.1, 0.15) is 5.69 Å². The third kappa shape index (κ3) is 3.51. The van der Waals surface area contributed by atoms with Crippen molar-refractivity contribution >= 4 is 22.4 Å². The molecular weight excluding hydrogens is 267 g/mol. The summed E-state index contributed by atoms with van der Waals surface area (Å²) >= 11 is 1.40. The number of amides is 1. The molecule has 1 heterocycles. The van der Waals surface area contributed by atoms with Crippen LogP contribution in [0, 0.1) is 12.7 Å². The molecule has 0 unspecified atom stereocenters. The Hall–Kier alpha value is -1.95. The average molecular weight is 280 g/mol. The van der Waals surface area contributed by atoms with Crippen molar-refractivity contribution in [2.24, 2.45) is 0 Å². The third-order valence-corrected chi connectivity index (χ3v) is 3.48. The molecule has 0 aliphatic carbocycles. The predicted molar refractivity (Wildman–Crippen MR) is 72.2 cm³/mol. The zero-order valence-corrected chi connectivity index (χ0v) is 11.4. The standard InChI is InChI=1S/C13H13FN2O2S/c1-9-8-19-13(15-9)16(2)12(17)7-18-11-5-3-10(14)4-6-11/h3-6,8H,7H2,1-2H3. The summed E-state index contributed by atoms with van der Waals surface area (Å²) in [5, 5.41) is 2.50. The molecule has 0 fully saturated rings. The summed E-state index contributed by atoms with van der Waals surface area (Å²) in [4.78, 5) is 17.5. The van der Waals surface area contributed by atoms with Crippen molar-refractivity contribution in [2.45, 2.75) is 6.92 Å². The van der Waals surface area contributed by atoms with Gasteiger partial charge in [0.05, 0.1) is 5.69 Å². The van der Waals surface area contributed by atoms with E-state index in [0.717, 1.165) is 5.69 Å². The molecule has 0 aliphatic heterocycles. The number of aryl methyl sites for hydroxylation is 1. The Labute approximate surface area is 114 Å². The van der Waals surface area contributed by atoms with Crippen LogP contribution in [-0.4, -0.2) is 24.5 Å². The summed E-state index contributed by atoms with van der Waals surface area (Å²) < 4.78 is 18.0. The normalized spacial score (nSPS) is 10.3. The van der Waals surface area contributed by atoms with E-state index in [1.54, 1.807) is 7.05 Å². The lowest BCUT2D eigenvalue weighted by Gasteiger charge is -2.14. The van der Waals surface area contributed by atoms with E-state index in [0.29, 0.717) is 10.9 Å². The van der Waals surface area contributed by atoms with Gasteiger partial charge in [0.2, 0.25) is 0 Å². The molecular formula is C13H13FN2O2S. The number of carbonyl (C=O) groups excluding carboxylic acids is 1. The largest absolute Gasteiger partial charge is 0.484 e. The topological polar surface area (TPSA) is 42.4 Å². The van der Waals surface area contributed by atoms with E-state index < -0.39 is 0 Å². The molecule has 1 amide bonds. The summed E-state index contributed by atoms with van der Waals surface area (Å²) in [7, 11) is 1.65. The van der Waals surface area contributed by atoms with Gasteiger partial charge in [0.1, 0.15) is 11.6 Å². The number of aromatic nitrogens is 1. The molecule has 0 saturated carbocycles. The summed E-state index contributed by atoms with van der Waals surface area (Å²) in [5.41, 5.74) is 0.874. The zero-order chi connectivity index (χ0) is 13.8. The first kappa shape index (κ1) is 13.5. The van der Waals surface area contributed by atoms with E-state index in [2.05, 4.69) is 4.98 Å². The molecule has 2 aromatic rings. The Kier molecular flexibility index (Phi) is 4.11. The zero-order valence-electron chi connectivity index (χ0n) is 10.6. The molecule has 100 valence electrons. The molecule has 0 bridgehead atoms.